The van der Waals surface area contributed by atoms with E-state index >= 15 is 0 Å². The van der Waals surface area contributed by atoms with Crippen LogP contribution in [0, 0.1) is 0 Å². The summed E-state index contributed by atoms with van der Waals surface area (Å²) in [7, 11) is 0. The zero-order valence-electron chi connectivity index (χ0n) is 11.6. The number of pyridine rings is 1. The van der Waals surface area contributed by atoms with Crippen molar-refractivity contribution in [3.8, 4) is 0 Å². The maximum Gasteiger partial charge on any atom is 0.329 e. The van der Waals surface area contributed by atoms with E-state index in [-0.39, 0.29) is 11.5 Å². The van der Waals surface area contributed by atoms with Gasteiger partial charge in [-0.1, -0.05) is 6.07 Å². The number of nitrogens with zero attached hydrogens (tertiary/aromatic N) is 2. The second-order valence-corrected chi connectivity index (χ2v) is 5.26. The number of thioether (sulfide) groups is 1. The normalized spacial score (nSPS) is 18.2. The lowest BCUT2D eigenvalue weighted by atomic mass is 10.2. The fourth-order valence-electron chi connectivity index (χ4n) is 1.79. The molecule has 21 heavy (non-hydrogen) atoms. The number of amides is 2. The number of hydrogen-bond acceptors (Lipinski definition) is 6. The van der Waals surface area contributed by atoms with Crippen LogP contribution in [-0.2, 0) is 14.3 Å². The number of esters is 1. The number of ether oxygens (including phenoxy) is 1. The van der Waals surface area contributed by atoms with Crippen LogP contribution in [0.25, 0.3) is 6.08 Å². The van der Waals surface area contributed by atoms with Gasteiger partial charge < -0.3 is 4.74 Å². The van der Waals surface area contributed by atoms with Gasteiger partial charge in [0.25, 0.3) is 11.1 Å². The molecule has 0 unspecified atom stereocenters. The van der Waals surface area contributed by atoms with Gasteiger partial charge in [0, 0.05) is 12.4 Å². The highest BCUT2D eigenvalue weighted by molar-refractivity contribution is 8.18. The van der Waals surface area contributed by atoms with Crippen molar-refractivity contribution in [1.29, 1.82) is 0 Å². The molecule has 1 aromatic heterocycles. The Morgan fingerprint density at radius 1 is 1.52 bits per heavy atom. The minimum Gasteiger partial charge on any atom is -0.464 e. The largest absolute Gasteiger partial charge is 0.464 e. The first-order valence-electron chi connectivity index (χ1n) is 6.38. The first-order valence-corrected chi connectivity index (χ1v) is 7.20. The van der Waals surface area contributed by atoms with E-state index in [0.29, 0.717) is 5.56 Å². The summed E-state index contributed by atoms with van der Waals surface area (Å²) in [4.78, 5) is 41.0. The van der Waals surface area contributed by atoms with Crippen molar-refractivity contribution in [1.82, 2.24) is 9.88 Å². The van der Waals surface area contributed by atoms with E-state index in [2.05, 4.69) is 4.98 Å². The van der Waals surface area contributed by atoms with Crippen molar-refractivity contribution < 1.29 is 19.1 Å². The summed E-state index contributed by atoms with van der Waals surface area (Å²) in [6.45, 7) is 3.34. The molecule has 0 spiro atoms. The number of hydrogen-bond donors (Lipinski definition) is 0. The third kappa shape index (κ3) is 3.30. The van der Waals surface area contributed by atoms with Gasteiger partial charge in [0.1, 0.15) is 6.04 Å². The Bertz CT molecular complexity index is 600. The molecule has 2 heterocycles. The standard InChI is InChI=1S/C14H14N2O4S/c1-3-20-13(18)9(2)16-12(17)11(21-14(16)19)7-10-5-4-6-15-8-10/h4-9H,3H2,1-2H3/b11-7+/t9-/m0/s1. The summed E-state index contributed by atoms with van der Waals surface area (Å²) >= 11 is 0.803. The maximum atomic E-state index is 12.3. The quantitative estimate of drug-likeness (QED) is 0.626. The highest BCUT2D eigenvalue weighted by atomic mass is 32.2. The molecule has 6 nitrogen and oxygen atoms in total. The number of aromatic nitrogens is 1. The molecule has 1 aliphatic heterocycles. The molecule has 0 radical (unpaired) electrons. The lowest BCUT2D eigenvalue weighted by Gasteiger charge is -2.19. The Morgan fingerprint density at radius 3 is 2.90 bits per heavy atom. The van der Waals surface area contributed by atoms with Crippen LogP contribution >= 0.6 is 11.8 Å². The highest BCUT2D eigenvalue weighted by Crippen LogP contribution is 2.33. The van der Waals surface area contributed by atoms with Crippen LogP contribution in [0.2, 0.25) is 0 Å². The van der Waals surface area contributed by atoms with Gasteiger partial charge in [-0.2, -0.15) is 0 Å². The van der Waals surface area contributed by atoms with Crippen molar-refractivity contribution in [2.75, 3.05) is 6.61 Å². The molecule has 1 aliphatic rings. The summed E-state index contributed by atoms with van der Waals surface area (Å²) in [6, 6.07) is 2.57. The Kier molecular flexibility index (Phi) is 4.74. The van der Waals surface area contributed by atoms with Crippen molar-refractivity contribution in [2.24, 2.45) is 0 Å². The molecule has 0 bridgehead atoms. The van der Waals surface area contributed by atoms with Crippen molar-refractivity contribution in [3.05, 3.63) is 35.0 Å². The van der Waals surface area contributed by atoms with Crippen LogP contribution < -0.4 is 0 Å². The van der Waals surface area contributed by atoms with E-state index in [1.165, 1.54) is 6.92 Å². The Labute approximate surface area is 126 Å². The van der Waals surface area contributed by atoms with Crippen LogP contribution in [0.5, 0.6) is 0 Å². The predicted molar refractivity (Wildman–Crippen MR) is 78.1 cm³/mol. The average Bonchev–Trinajstić information content (AvgIpc) is 2.74. The van der Waals surface area contributed by atoms with E-state index in [0.717, 1.165) is 16.7 Å². The number of rotatable bonds is 4. The zero-order valence-corrected chi connectivity index (χ0v) is 12.4. The number of carbonyl (C=O) groups excluding carboxylic acids is 3. The van der Waals surface area contributed by atoms with E-state index in [1.807, 2.05) is 0 Å². The van der Waals surface area contributed by atoms with Crippen molar-refractivity contribution >= 4 is 35.0 Å². The van der Waals surface area contributed by atoms with Crippen LogP contribution in [0.4, 0.5) is 4.79 Å². The molecular formula is C14H14N2O4S. The third-order valence-electron chi connectivity index (χ3n) is 2.82. The second kappa shape index (κ2) is 6.53. The molecule has 0 saturated carbocycles. The van der Waals surface area contributed by atoms with Crippen LogP contribution in [0.3, 0.4) is 0 Å². The van der Waals surface area contributed by atoms with Gasteiger partial charge in [0.2, 0.25) is 0 Å². The lowest BCUT2D eigenvalue weighted by molar-refractivity contribution is -0.150. The monoisotopic (exact) mass is 306 g/mol. The van der Waals surface area contributed by atoms with Gasteiger partial charge in [0.05, 0.1) is 11.5 Å². The molecule has 110 valence electrons. The molecule has 2 amide bonds. The molecule has 0 aromatic carbocycles. The fourth-order valence-corrected chi connectivity index (χ4v) is 2.70. The second-order valence-electron chi connectivity index (χ2n) is 4.27. The number of imide groups is 1. The molecule has 1 atom stereocenters. The molecular weight excluding hydrogens is 292 g/mol. The maximum absolute atomic E-state index is 12.3. The van der Waals surface area contributed by atoms with Gasteiger partial charge in [-0.25, -0.2) is 4.79 Å². The predicted octanol–water partition coefficient (Wildman–Crippen LogP) is 2.07. The lowest BCUT2D eigenvalue weighted by Crippen LogP contribution is -2.42. The Hall–Kier alpha value is -2.15. The fraction of sp³-hybridized carbons (Fsp3) is 0.286. The van der Waals surface area contributed by atoms with Gasteiger partial charge in [-0.3, -0.25) is 19.5 Å². The van der Waals surface area contributed by atoms with Gasteiger partial charge >= 0.3 is 5.97 Å². The van der Waals surface area contributed by atoms with E-state index in [4.69, 9.17) is 4.74 Å². The topological polar surface area (TPSA) is 76.6 Å². The first-order chi connectivity index (χ1) is 10.0. The number of carbonyl (C=O) groups is 3. The average molecular weight is 306 g/mol. The minimum atomic E-state index is -0.933. The Balaban J connectivity index is 2.21. The summed E-state index contributed by atoms with van der Waals surface area (Å²) in [6.07, 6.45) is 4.78. The Morgan fingerprint density at radius 2 is 2.29 bits per heavy atom. The van der Waals surface area contributed by atoms with E-state index in [9.17, 15) is 14.4 Å². The van der Waals surface area contributed by atoms with E-state index < -0.39 is 23.2 Å². The van der Waals surface area contributed by atoms with Gasteiger partial charge in [-0.05, 0) is 43.3 Å². The van der Waals surface area contributed by atoms with Crippen molar-refractivity contribution in [3.63, 3.8) is 0 Å². The molecule has 7 heteroatoms. The van der Waals surface area contributed by atoms with Crippen LogP contribution in [0.15, 0.2) is 29.4 Å². The molecule has 0 aliphatic carbocycles. The molecule has 1 aromatic rings. The zero-order chi connectivity index (χ0) is 15.4. The summed E-state index contributed by atoms with van der Waals surface area (Å²) < 4.78 is 4.84. The van der Waals surface area contributed by atoms with Crippen LogP contribution in [0.1, 0.15) is 19.4 Å². The molecule has 1 fully saturated rings. The summed E-state index contributed by atoms with van der Waals surface area (Å²) in [5, 5.41) is -0.476. The molecule has 1 saturated heterocycles. The van der Waals surface area contributed by atoms with Crippen LogP contribution in [-0.4, -0.2) is 39.6 Å². The minimum absolute atomic E-state index is 0.199. The first kappa shape index (κ1) is 15.2. The van der Waals surface area contributed by atoms with Gasteiger partial charge in [-0.15, -0.1) is 0 Å². The SMILES string of the molecule is CCOC(=O)[C@H](C)N1C(=O)S/C(=C/c2cccnc2)C1=O. The molecule has 2 rings (SSSR count). The highest BCUT2D eigenvalue weighted by Gasteiger charge is 2.41. The van der Waals surface area contributed by atoms with E-state index in [1.54, 1.807) is 37.5 Å². The molecule has 0 N–H and O–H groups in total. The summed E-state index contributed by atoms with van der Waals surface area (Å²) in [5.74, 6) is -1.09. The smallest absolute Gasteiger partial charge is 0.329 e. The van der Waals surface area contributed by atoms with Gasteiger partial charge in [0.15, 0.2) is 0 Å². The third-order valence-corrected chi connectivity index (χ3v) is 3.70. The van der Waals surface area contributed by atoms with Crippen molar-refractivity contribution in [2.45, 2.75) is 19.9 Å². The summed E-state index contributed by atoms with van der Waals surface area (Å²) in [5.41, 5.74) is 0.715.